The van der Waals surface area contributed by atoms with Gasteiger partial charge in [-0.15, -0.1) is 11.8 Å². The van der Waals surface area contributed by atoms with Crippen LogP contribution >= 0.6 is 11.8 Å². The molecule has 0 bridgehead atoms. The van der Waals surface area contributed by atoms with Crippen LogP contribution in [-0.4, -0.2) is 26.6 Å². The van der Waals surface area contributed by atoms with Crippen molar-refractivity contribution in [1.29, 1.82) is 0 Å². The van der Waals surface area contributed by atoms with Gasteiger partial charge in [0.05, 0.1) is 0 Å². The lowest BCUT2D eigenvalue weighted by Crippen LogP contribution is -2.27. The first-order valence-electron chi connectivity index (χ1n) is 5.52. The first-order valence-corrected chi connectivity index (χ1v) is 6.50. The topological polar surface area (TPSA) is 56.7 Å². The molecule has 1 aromatic heterocycles. The number of nitrogens with zero attached hydrogens (tertiary/aromatic N) is 3. The number of aryl methyl sites for hydroxylation is 1. The van der Waals surface area contributed by atoms with Crippen molar-refractivity contribution in [2.24, 2.45) is 12.8 Å². The summed E-state index contributed by atoms with van der Waals surface area (Å²) < 4.78 is 1.77. The van der Waals surface area contributed by atoms with Crippen molar-refractivity contribution >= 4 is 11.8 Å². The van der Waals surface area contributed by atoms with Crippen LogP contribution in [0.3, 0.4) is 0 Å². The maximum absolute atomic E-state index is 6.08. The summed E-state index contributed by atoms with van der Waals surface area (Å²) in [7, 11) is 1.89. The number of hydrogen-bond donors (Lipinski definition) is 1. The van der Waals surface area contributed by atoms with Crippen molar-refractivity contribution in [2.45, 2.75) is 17.4 Å². The summed E-state index contributed by atoms with van der Waals surface area (Å²) in [5.74, 6) is 1.82. The zero-order chi connectivity index (χ0) is 12.1. The predicted octanol–water partition coefficient (Wildman–Crippen LogP) is 1.48. The molecule has 4 nitrogen and oxygen atoms in total. The van der Waals surface area contributed by atoms with Gasteiger partial charge in [-0.05, 0) is 12.1 Å². The van der Waals surface area contributed by atoms with Crippen LogP contribution in [-0.2, 0) is 13.5 Å². The molecule has 0 fully saturated rings. The van der Waals surface area contributed by atoms with Crippen LogP contribution in [0.25, 0.3) is 0 Å². The second-order valence-electron chi connectivity index (χ2n) is 3.89. The minimum absolute atomic E-state index is 0.100. The number of hydrogen-bond acceptors (Lipinski definition) is 4. The molecule has 1 unspecified atom stereocenters. The lowest BCUT2D eigenvalue weighted by atomic mass is 10.2. The quantitative estimate of drug-likeness (QED) is 0.814. The van der Waals surface area contributed by atoms with Crippen LogP contribution in [0.1, 0.15) is 5.82 Å². The van der Waals surface area contributed by atoms with E-state index in [1.54, 1.807) is 22.8 Å². The molecule has 2 N–H and O–H groups in total. The fraction of sp³-hybridized carbons (Fsp3) is 0.333. The molecule has 0 aliphatic carbocycles. The van der Waals surface area contributed by atoms with E-state index < -0.39 is 0 Å². The van der Waals surface area contributed by atoms with E-state index >= 15 is 0 Å². The summed E-state index contributed by atoms with van der Waals surface area (Å²) in [4.78, 5) is 5.42. The summed E-state index contributed by atoms with van der Waals surface area (Å²) in [5, 5.41) is 4.03. The van der Waals surface area contributed by atoms with Gasteiger partial charge in [0, 0.05) is 30.2 Å². The van der Waals surface area contributed by atoms with Crippen LogP contribution in [0.2, 0.25) is 0 Å². The number of nitrogens with two attached hydrogens (primary N) is 1. The molecule has 0 spiro atoms. The molecule has 0 saturated carbocycles. The van der Waals surface area contributed by atoms with Gasteiger partial charge in [-0.25, -0.2) is 4.98 Å². The van der Waals surface area contributed by atoms with Gasteiger partial charge in [-0.1, -0.05) is 18.2 Å². The van der Waals surface area contributed by atoms with Crippen LogP contribution in [0, 0.1) is 0 Å². The molecule has 1 atom stereocenters. The molecule has 0 aliphatic rings. The molecule has 90 valence electrons. The van der Waals surface area contributed by atoms with Crippen molar-refractivity contribution in [3.63, 3.8) is 0 Å². The summed E-state index contributed by atoms with van der Waals surface area (Å²) in [6.07, 6.45) is 2.32. The highest BCUT2D eigenvalue weighted by Crippen LogP contribution is 2.18. The van der Waals surface area contributed by atoms with Crippen molar-refractivity contribution in [2.75, 3.05) is 5.75 Å². The Morgan fingerprint density at radius 1 is 1.35 bits per heavy atom. The molecular formula is C12H16N4S. The standard InChI is InChI=1S/C12H16N4S/c1-16-12(14-9-15-16)7-10(13)8-17-11-5-3-2-4-6-11/h2-6,9-10H,7-8,13H2,1H3. The lowest BCUT2D eigenvalue weighted by Gasteiger charge is -2.10. The van der Waals surface area contributed by atoms with E-state index in [-0.39, 0.29) is 6.04 Å². The molecule has 0 aliphatic heterocycles. The molecule has 0 radical (unpaired) electrons. The smallest absolute Gasteiger partial charge is 0.138 e. The number of aromatic nitrogens is 3. The maximum atomic E-state index is 6.08. The molecule has 2 aromatic rings. The highest BCUT2D eigenvalue weighted by atomic mass is 32.2. The van der Waals surface area contributed by atoms with Crippen molar-refractivity contribution in [1.82, 2.24) is 14.8 Å². The Bertz CT molecular complexity index is 455. The van der Waals surface area contributed by atoms with Gasteiger partial charge in [-0.2, -0.15) is 5.10 Å². The summed E-state index contributed by atoms with van der Waals surface area (Å²) in [6, 6.07) is 10.4. The highest BCUT2D eigenvalue weighted by Gasteiger charge is 2.08. The van der Waals surface area contributed by atoms with E-state index in [2.05, 4.69) is 22.2 Å². The predicted molar refractivity (Wildman–Crippen MR) is 69.8 cm³/mol. The number of rotatable bonds is 5. The van der Waals surface area contributed by atoms with Gasteiger partial charge in [0.25, 0.3) is 0 Å². The fourth-order valence-corrected chi connectivity index (χ4v) is 2.39. The number of benzene rings is 1. The van der Waals surface area contributed by atoms with Crippen molar-refractivity contribution in [3.05, 3.63) is 42.5 Å². The zero-order valence-electron chi connectivity index (χ0n) is 9.78. The van der Waals surface area contributed by atoms with Gasteiger partial charge in [-0.3, -0.25) is 4.68 Å². The van der Waals surface area contributed by atoms with Gasteiger partial charge >= 0.3 is 0 Å². The molecular weight excluding hydrogens is 232 g/mol. The van der Waals surface area contributed by atoms with Gasteiger partial charge in [0.15, 0.2) is 0 Å². The Hall–Kier alpha value is -1.33. The average molecular weight is 248 g/mol. The van der Waals surface area contributed by atoms with E-state index in [1.165, 1.54) is 4.90 Å². The van der Waals surface area contributed by atoms with E-state index in [1.807, 2.05) is 25.2 Å². The third-order valence-electron chi connectivity index (χ3n) is 2.46. The van der Waals surface area contributed by atoms with Crippen LogP contribution < -0.4 is 5.73 Å². The van der Waals surface area contributed by atoms with E-state index in [0.717, 1.165) is 18.0 Å². The molecule has 1 heterocycles. The summed E-state index contributed by atoms with van der Waals surface area (Å²) in [6.45, 7) is 0. The average Bonchev–Trinajstić information content (AvgIpc) is 2.74. The number of thioether (sulfide) groups is 1. The van der Waals surface area contributed by atoms with Crippen LogP contribution in [0.4, 0.5) is 0 Å². The molecule has 0 amide bonds. The molecule has 0 saturated heterocycles. The van der Waals surface area contributed by atoms with Gasteiger partial charge in [0.2, 0.25) is 0 Å². The monoisotopic (exact) mass is 248 g/mol. The second-order valence-corrected chi connectivity index (χ2v) is 4.98. The van der Waals surface area contributed by atoms with Gasteiger partial charge < -0.3 is 5.73 Å². The van der Waals surface area contributed by atoms with Crippen molar-refractivity contribution in [3.8, 4) is 0 Å². The lowest BCUT2D eigenvalue weighted by molar-refractivity contribution is 0.643. The Balaban J connectivity index is 1.82. The van der Waals surface area contributed by atoms with Crippen LogP contribution in [0.15, 0.2) is 41.6 Å². The summed E-state index contributed by atoms with van der Waals surface area (Å²) >= 11 is 1.77. The first kappa shape index (κ1) is 12.1. The third kappa shape index (κ3) is 3.57. The Kier molecular flexibility index (Phi) is 4.17. The maximum Gasteiger partial charge on any atom is 0.138 e. The third-order valence-corrected chi connectivity index (χ3v) is 3.66. The minimum Gasteiger partial charge on any atom is -0.327 e. The first-order chi connectivity index (χ1) is 8.25. The Morgan fingerprint density at radius 3 is 2.76 bits per heavy atom. The Labute approximate surface area is 105 Å². The molecule has 5 heteroatoms. The largest absolute Gasteiger partial charge is 0.327 e. The molecule has 1 aromatic carbocycles. The van der Waals surface area contributed by atoms with Crippen molar-refractivity contribution < 1.29 is 0 Å². The highest BCUT2D eigenvalue weighted by molar-refractivity contribution is 7.99. The SMILES string of the molecule is Cn1ncnc1CC(N)CSc1ccccc1. The Morgan fingerprint density at radius 2 is 2.12 bits per heavy atom. The van der Waals surface area contributed by atoms with E-state index in [0.29, 0.717) is 0 Å². The van der Waals surface area contributed by atoms with E-state index in [4.69, 9.17) is 5.73 Å². The molecule has 17 heavy (non-hydrogen) atoms. The normalized spacial score (nSPS) is 12.6. The second kappa shape index (κ2) is 5.84. The molecule has 2 rings (SSSR count). The zero-order valence-corrected chi connectivity index (χ0v) is 10.6. The fourth-order valence-electron chi connectivity index (χ4n) is 1.52. The van der Waals surface area contributed by atoms with E-state index in [9.17, 15) is 0 Å². The summed E-state index contributed by atoms with van der Waals surface area (Å²) in [5.41, 5.74) is 6.08. The minimum atomic E-state index is 0.100. The van der Waals surface area contributed by atoms with Gasteiger partial charge in [0.1, 0.15) is 12.2 Å². The van der Waals surface area contributed by atoms with Crippen LogP contribution in [0.5, 0.6) is 0 Å².